The Morgan fingerprint density at radius 1 is 1.22 bits per heavy atom. The molecule has 1 fully saturated rings. The number of pyridine rings is 1. The van der Waals surface area contributed by atoms with E-state index in [9.17, 15) is 0 Å². The van der Waals surface area contributed by atoms with E-state index in [-0.39, 0.29) is 6.10 Å². The Balaban J connectivity index is 1.53. The first kappa shape index (κ1) is 14.2. The summed E-state index contributed by atoms with van der Waals surface area (Å²) in [7, 11) is 0. The van der Waals surface area contributed by atoms with Crippen LogP contribution >= 0.6 is 0 Å². The molecule has 0 saturated heterocycles. The minimum atomic E-state index is 0.0113. The van der Waals surface area contributed by atoms with Gasteiger partial charge in [0, 0.05) is 37.6 Å². The average molecular weight is 309 g/mol. The molecule has 118 valence electrons. The maximum atomic E-state index is 8.85. The fourth-order valence-corrected chi connectivity index (χ4v) is 3.24. The fraction of sp³-hybridized carbons (Fsp3) is 0.471. The van der Waals surface area contributed by atoms with Crippen molar-refractivity contribution in [2.75, 3.05) is 6.54 Å². The SMILES string of the molecule is N#Cc1ccc(OC2CN(C3CCC3)Cc3ccnn3C2)nc1. The van der Waals surface area contributed by atoms with Crippen molar-refractivity contribution in [3.63, 3.8) is 0 Å². The topological polar surface area (TPSA) is 67.0 Å². The molecule has 3 heterocycles. The van der Waals surface area contributed by atoms with Gasteiger partial charge in [-0.05, 0) is 25.0 Å². The van der Waals surface area contributed by atoms with Crippen LogP contribution in [0.25, 0.3) is 0 Å². The van der Waals surface area contributed by atoms with Gasteiger partial charge in [-0.15, -0.1) is 0 Å². The standard InChI is InChI=1S/C17H19N5O/c18-8-13-4-5-17(19-9-13)23-16-11-21(14-2-1-3-14)10-15-6-7-20-22(15)12-16/h4-7,9,14,16H,1-3,10-12H2. The number of nitrogens with zero attached hydrogens (tertiary/aromatic N) is 5. The average Bonchev–Trinajstić information content (AvgIpc) is 2.86. The zero-order chi connectivity index (χ0) is 15.6. The molecular formula is C17H19N5O. The first-order valence-corrected chi connectivity index (χ1v) is 8.09. The van der Waals surface area contributed by atoms with E-state index in [1.165, 1.54) is 25.0 Å². The second kappa shape index (κ2) is 6.01. The zero-order valence-corrected chi connectivity index (χ0v) is 12.9. The largest absolute Gasteiger partial charge is 0.471 e. The number of rotatable bonds is 3. The van der Waals surface area contributed by atoms with Crippen LogP contribution in [0.5, 0.6) is 5.88 Å². The van der Waals surface area contributed by atoms with Crippen molar-refractivity contribution >= 4 is 0 Å². The number of hydrogen-bond acceptors (Lipinski definition) is 5. The van der Waals surface area contributed by atoms with Gasteiger partial charge in [-0.3, -0.25) is 9.58 Å². The predicted molar refractivity (Wildman–Crippen MR) is 83.6 cm³/mol. The number of hydrogen-bond donors (Lipinski definition) is 0. The van der Waals surface area contributed by atoms with Gasteiger partial charge in [-0.1, -0.05) is 6.42 Å². The Morgan fingerprint density at radius 3 is 2.83 bits per heavy atom. The number of fused-ring (bicyclic) bond motifs is 1. The summed E-state index contributed by atoms with van der Waals surface area (Å²) in [6.45, 7) is 2.55. The Hall–Kier alpha value is -2.39. The van der Waals surface area contributed by atoms with Crippen LogP contribution in [0.4, 0.5) is 0 Å². The van der Waals surface area contributed by atoms with Crippen LogP contribution in [0.2, 0.25) is 0 Å². The van der Waals surface area contributed by atoms with Crippen molar-refractivity contribution in [2.45, 2.75) is 44.5 Å². The summed E-state index contributed by atoms with van der Waals surface area (Å²) in [6.07, 6.45) is 7.29. The molecule has 0 radical (unpaired) electrons. The van der Waals surface area contributed by atoms with Gasteiger partial charge in [0.15, 0.2) is 0 Å². The first-order chi connectivity index (χ1) is 11.3. The number of aromatic nitrogens is 3. The molecule has 6 heteroatoms. The molecule has 1 unspecified atom stereocenters. The molecule has 2 aromatic rings. The van der Waals surface area contributed by atoms with Crippen LogP contribution < -0.4 is 4.74 Å². The van der Waals surface area contributed by atoms with Crippen molar-refractivity contribution in [2.24, 2.45) is 0 Å². The number of nitriles is 1. The van der Waals surface area contributed by atoms with Gasteiger partial charge in [-0.2, -0.15) is 10.4 Å². The highest BCUT2D eigenvalue weighted by molar-refractivity contribution is 5.28. The van der Waals surface area contributed by atoms with E-state index in [2.05, 4.69) is 27.1 Å². The van der Waals surface area contributed by atoms with Crippen LogP contribution in [0.15, 0.2) is 30.6 Å². The lowest BCUT2D eigenvalue weighted by Gasteiger charge is -2.37. The highest BCUT2D eigenvalue weighted by Crippen LogP contribution is 2.28. The normalized spacial score (nSPS) is 21.8. The molecule has 1 aliphatic carbocycles. The molecule has 4 rings (SSSR count). The summed E-state index contributed by atoms with van der Waals surface area (Å²) >= 11 is 0. The molecule has 1 saturated carbocycles. The van der Waals surface area contributed by atoms with Crippen LogP contribution in [0.1, 0.15) is 30.5 Å². The second-order valence-electron chi connectivity index (χ2n) is 6.26. The van der Waals surface area contributed by atoms with E-state index >= 15 is 0 Å². The summed E-state index contributed by atoms with van der Waals surface area (Å²) in [5.41, 5.74) is 1.79. The van der Waals surface area contributed by atoms with Crippen molar-refractivity contribution in [1.29, 1.82) is 5.26 Å². The molecule has 0 N–H and O–H groups in total. The van der Waals surface area contributed by atoms with Crippen molar-refractivity contribution in [1.82, 2.24) is 19.7 Å². The van der Waals surface area contributed by atoms with E-state index in [1.807, 2.05) is 10.9 Å². The summed E-state index contributed by atoms with van der Waals surface area (Å²) in [5, 5.41) is 13.3. The first-order valence-electron chi connectivity index (χ1n) is 8.09. The van der Waals surface area contributed by atoms with E-state index < -0.39 is 0 Å². The Morgan fingerprint density at radius 2 is 2.13 bits per heavy atom. The molecule has 6 nitrogen and oxygen atoms in total. The Labute approximate surface area is 135 Å². The third-order valence-electron chi connectivity index (χ3n) is 4.73. The molecule has 1 aliphatic heterocycles. The summed E-state index contributed by atoms with van der Waals surface area (Å²) in [4.78, 5) is 6.74. The lowest BCUT2D eigenvalue weighted by Crippen LogP contribution is -2.44. The van der Waals surface area contributed by atoms with E-state index in [0.29, 0.717) is 17.5 Å². The molecule has 0 amide bonds. The quantitative estimate of drug-likeness (QED) is 0.867. The van der Waals surface area contributed by atoms with Gasteiger partial charge >= 0.3 is 0 Å². The van der Waals surface area contributed by atoms with Crippen LogP contribution in [0, 0.1) is 11.3 Å². The predicted octanol–water partition coefficient (Wildman–Crippen LogP) is 1.97. The van der Waals surface area contributed by atoms with Crippen molar-refractivity contribution in [3.05, 3.63) is 41.9 Å². The lowest BCUT2D eigenvalue weighted by molar-refractivity contribution is 0.0653. The maximum Gasteiger partial charge on any atom is 0.213 e. The van der Waals surface area contributed by atoms with Crippen LogP contribution in [0.3, 0.4) is 0 Å². The third kappa shape index (κ3) is 2.92. The fourth-order valence-electron chi connectivity index (χ4n) is 3.24. The maximum absolute atomic E-state index is 8.85. The molecular weight excluding hydrogens is 290 g/mol. The Bertz CT molecular complexity index is 713. The zero-order valence-electron chi connectivity index (χ0n) is 12.9. The molecule has 2 aromatic heterocycles. The highest BCUT2D eigenvalue weighted by atomic mass is 16.5. The molecule has 0 aromatic carbocycles. The monoisotopic (exact) mass is 309 g/mol. The van der Waals surface area contributed by atoms with E-state index in [0.717, 1.165) is 19.6 Å². The minimum absolute atomic E-state index is 0.0113. The second-order valence-corrected chi connectivity index (χ2v) is 6.26. The Kier molecular flexibility index (Phi) is 3.72. The van der Waals surface area contributed by atoms with Crippen molar-refractivity contribution in [3.8, 4) is 11.9 Å². The van der Waals surface area contributed by atoms with Gasteiger partial charge in [0.25, 0.3) is 0 Å². The summed E-state index contributed by atoms with van der Waals surface area (Å²) in [6, 6.07) is 8.33. The van der Waals surface area contributed by atoms with Gasteiger partial charge < -0.3 is 4.74 Å². The van der Waals surface area contributed by atoms with Crippen LogP contribution in [-0.4, -0.2) is 38.4 Å². The van der Waals surface area contributed by atoms with Crippen LogP contribution in [-0.2, 0) is 13.1 Å². The minimum Gasteiger partial charge on any atom is -0.471 e. The van der Waals surface area contributed by atoms with E-state index in [1.54, 1.807) is 18.3 Å². The van der Waals surface area contributed by atoms with Gasteiger partial charge in [0.05, 0.1) is 17.8 Å². The molecule has 1 atom stereocenters. The lowest BCUT2D eigenvalue weighted by atomic mass is 9.91. The van der Waals surface area contributed by atoms with Gasteiger partial charge in [0.2, 0.25) is 5.88 Å². The summed E-state index contributed by atoms with van der Waals surface area (Å²) in [5.74, 6) is 0.568. The molecule has 0 spiro atoms. The van der Waals surface area contributed by atoms with Crippen molar-refractivity contribution < 1.29 is 4.74 Å². The third-order valence-corrected chi connectivity index (χ3v) is 4.73. The van der Waals surface area contributed by atoms with Gasteiger partial charge in [0.1, 0.15) is 12.2 Å². The molecule has 0 bridgehead atoms. The summed E-state index contributed by atoms with van der Waals surface area (Å²) < 4.78 is 8.12. The van der Waals surface area contributed by atoms with Gasteiger partial charge in [-0.25, -0.2) is 4.98 Å². The highest BCUT2D eigenvalue weighted by Gasteiger charge is 2.31. The smallest absolute Gasteiger partial charge is 0.213 e. The molecule has 23 heavy (non-hydrogen) atoms. The molecule has 2 aliphatic rings. The number of ether oxygens (including phenoxy) is 1. The van der Waals surface area contributed by atoms with E-state index in [4.69, 9.17) is 10.00 Å².